The predicted octanol–water partition coefficient (Wildman–Crippen LogP) is 1.62. The number of nitrogens with one attached hydrogen (secondary N) is 2. The minimum atomic E-state index is -1.30. The number of anilines is 2. The number of rotatable bonds is 10. The van der Waals surface area contributed by atoms with Crippen LogP contribution in [-0.2, 0) is 0 Å². The lowest BCUT2D eigenvalue weighted by molar-refractivity contribution is 0.211. The van der Waals surface area contributed by atoms with E-state index in [-0.39, 0.29) is 59.0 Å². The molecule has 4 heterocycles. The Morgan fingerprint density at radius 2 is 1.47 bits per heavy atom. The molecule has 276 valence electrons. The van der Waals surface area contributed by atoms with Gasteiger partial charge < -0.3 is 21.4 Å². The van der Waals surface area contributed by atoms with E-state index in [1.807, 2.05) is 4.90 Å². The van der Waals surface area contributed by atoms with E-state index in [0.29, 0.717) is 54.6 Å². The zero-order chi connectivity index (χ0) is 37.3. The van der Waals surface area contributed by atoms with Crippen LogP contribution in [0, 0.1) is 46.1 Å². The van der Waals surface area contributed by atoms with Crippen LogP contribution in [0.15, 0.2) is 43.4 Å². The molecule has 4 fully saturated rings. The molecule has 2 saturated carbocycles. The Morgan fingerprint density at radius 1 is 0.868 bits per heavy atom. The fraction of sp³-hybridized carbons (Fsp3) is 0.500. The zero-order valence-electron chi connectivity index (χ0n) is 28.9. The summed E-state index contributed by atoms with van der Waals surface area (Å²) in [6.45, 7) is 1.55. The minimum absolute atomic E-state index is 0.00903. The first-order valence-electron chi connectivity index (χ1n) is 18.0. The summed E-state index contributed by atoms with van der Waals surface area (Å²) in [6, 6.07) is 8.89. The van der Waals surface area contributed by atoms with Gasteiger partial charge in [-0.2, -0.15) is 15.2 Å². The van der Waals surface area contributed by atoms with Crippen LogP contribution in [0.25, 0.3) is 21.8 Å². The second kappa shape index (κ2) is 12.9. The molecule has 4 aliphatic rings. The number of halogens is 2. The molecule has 0 spiro atoms. The van der Waals surface area contributed by atoms with Crippen molar-refractivity contribution in [3.63, 3.8) is 0 Å². The van der Waals surface area contributed by atoms with Crippen molar-refractivity contribution in [1.82, 2.24) is 24.1 Å². The van der Waals surface area contributed by atoms with E-state index in [1.54, 1.807) is 11.0 Å². The van der Waals surface area contributed by atoms with Crippen LogP contribution in [0.5, 0.6) is 0 Å². The third-order valence-electron chi connectivity index (χ3n) is 11.4. The average Bonchev–Trinajstić information content (AvgIpc) is 4.05. The quantitative estimate of drug-likeness (QED) is 0.136. The summed E-state index contributed by atoms with van der Waals surface area (Å²) < 4.78 is 34.6. The fourth-order valence-corrected chi connectivity index (χ4v) is 8.38. The third-order valence-corrected chi connectivity index (χ3v) is 11.4. The second-order valence-electron chi connectivity index (χ2n) is 15.0. The van der Waals surface area contributed by atoms with E-state index in [0.717, 1.165) is 31.7 Å². The number of hydrogen-bond donors (Lipinski definition) is 4. The van der Waals surface area contributed by atoms with Gasteiger partial charge >= 0.3 is 11.4 Å². The largest absolute Gasteiger partial charge is 0.369 e. The molecule has 8 rings (SSSR count). The SMILES string of the molecule is N#CCC(N)(NC(C#N)CC1CCN(c2cc3c(cc2F)c(=O)[nH]c(=O)n3C2CC2)C1)C1CCN(c2cc3c(cc2F)c(=O)n(N)c(=O)n3C2CC2)C1. The highest BCUT2D eigenvalue weighted by atomic mass is 19.1. The monoisotopic (exact) mass is 727 g/mol. The lowest BCUT2D eigenvalue weighted by atomic mass is 9.87. The van der Waals surface area contributed by atoms with Crippen molar-refractivity contribution in [2.24, 2.45) is 17.6 Å². The lowest BCUT2D eigenvalue weighted by Crippen LogP contribution is -2.62. The highest BCUT2D eigenvalue weighted by Crippen LogP contribution is 2.39. The first kappa shape index (κ1) is 34.6. The molecule has 2 saturated heterocycles. The summed E-state index contributed by atoms with van der Waals surface area (Å²) >= 11 is 0. The van der Waals surface area contributed by atoms with Gasteiger partial charge in [0, 0.05) is 44.2 Å². The molecular weight excluding hydrogens is 688 g/mol. The summed E-state index contributed by atoms with van der Waals surface area (Å²) in [5.74, 6) is 4.10. The van der Waals surface area contributed by atoms with Crippen LogP contribution in [-0.4, -0.2) is 56.7 Å². The van der Waals surface area contributed by atoms with Crippen molar-refractivity contribution in [3.05, 3.63) is 77.6 Å². The van der Waals surface area contributed by atoms with Crippen molar-refractivity contribution < 1.29 is 8.78 Å². The first-order valence-corrected chi connectivity index (χ1v) is 18.0. The molecule has 2 aromatic heterocycles. The van der Waals surface area contributed by atoms with E-state index in [9.17, 15) is 29.7 Å². The molecule has 4 unspecified atom stereocenters. The normalized spacial score (nSPS) is 21.9. The predicted molar refractivity (Wildman–Crippen MR) is 193 cm³/mol. The number of fused-ring (bicyclic) bond motifs is 2. The molecule has 4 atom stereocenters. The molecule has 4 aromatic rings. The topological polar surface area (TPSA) is 217 Å². The summed E-state index contributed by atoms with van der Waals surface area (Å²) in [7, 11) is 0. The van der Waals surface area contributed by atoms with E-state index in [4.69, 9.17) is 11.6 Å². The van der Waals surface area contributed by atoms with E-state index in [1.165, 1.54) is 21.3 Å². The van der Waals surface area contributed by atoms with Crippen molar-refractivity contribution in [2.45, 2.75) is 75.2 Å². The van der Waals surface area contributed by atoms with E-state index >= 15 is 8.78 Å². The Kier molecular flexibility index (Phi) is 8.38. The molecule has 53 heavy (non-hydrogen) atoms. The molecule has 2 aliphatic heterocycles. The summed E-state index contributed by atoms with van der Waals surface area (Å²) in [5.41, 5.74) is 4.20. The molecule has 0 bridgehead atoms. The first-order chi connectivity index (χ1) is 25.4. The van der Waals surface area contributed by atoms with Gasteiger partial charge in [-0.1, -0.05) is 0 Å². The highest BCUT2D eigenvalue weighted by molar-refractivity contribution is 5.84. The van der Waals surface area contributed by atoms with Crippen molar-refractivity contribution in [3.8, 4) is 12.1 Å². The second-order valence-corrected chi connectivity index (χ2v) is 15.0. The van der Waals surface area contributed by atoms with Crippen LogP contribution < -0.4 is 49.2 Å². The number of nitriles is 2. The Balaban J connectivity index is 0.989. The maximum atomic E-state index is 15.6. The van der Waals surface area contributed by atoms with Crippen LogP contribution >= 0.6 is 0 Å². The molecule has 15 nitrogen and oxygen atoms in total. The number of benzene rings is 2. The number of H-pyrrole nitrogens is 1. The highest BCUT2D eigenvalue weighted by Gasteiger charge is 2.42. The lowest BCUT2D eigenvalue weighted by Gasteiger charge is -2.37. The van der Waals surface area contributed by atoms with E-state index in [2.05, 4.69) is 22.4 Å². The number of hydrogen-bond acceptors (Lipinski definition) is 11. The van der Waals surface area contributed by atoms with Gasteiger partial charge in [0.25, 0.3) is 11.1 Å². The van der Waals surface area contributed by atoms with Crippen LogP contribution in [0.3, 0.4) is 0 Å². The van der Waals surface area contributed by atoms with Gasteiger partial charge in [0.2, 0.25) is 0 Å². The van der Waals surface area contributed by atoms with Gasteiger partial charge in [-0.15, -0.1) is 0 Å². The number of nitrogens with zero attached hydrogens (tertiary/aromatic N) is 7. The molecule has 6 N–H and O–H groups in total. The molecular formula is C36H39F2N11O4. The number of nitrogen functional groups attached to an aromatic ring is 1. The summed E-state index contributed by atoms with van der Waals surface area (Å²) in [4.78, 5) is 56.7. The van der Waals surface area contributed by atoms with Crippen molar-refractivity contribution in [1.29, 1.82) is 10.5 Å². The van der Waals surface area contributed by atoms with Gasteiger partial charge in [-0.25, -0.2) is 18.4 Å². The molecule has 0 amide bonds. The van der Waals surface area contributed by atoms with Gasteiger partial charge in [-0.3, -0.25) is 29.0 Å². The standard InChI is InChI=1S/C36H39F2N11O4/c37-26-12-24-28(47(22-1-2-22)34(52)43-32(24)50)14-30(26)45-9-5-19(17-45)11-21(16-40)44-36(41,7-8-39)20-6-10-46(18-20)31-15-29-25(13-27(31)38)33(51)49(42)35(53)48(29)23-3-4-23/h12-15,19-23,44H,1-7,9-11,17-18,41-42H2,(H,43,50,52). The minimum Gasteiger partial charge on any atom is -0.369 e. The van der Waals surface area contributed by atoms with Crippen molar-refractivity contribution in [2.75, 3.05) is 41.8 Å². The molecule has 17 heteroatoms. The smallest absolute Gasteiger partial charge is 0.350 e. The van der Waals surface area contributed by atoms with Gasteiger partial charge in [0.05, 0.1) is 63.4 Å². The van der Waals surface area contributed by atoms with Gasteiger partial charge in [0.1, 0.15) is 11.6 Å². The third kappa shape index (κ3) is 6.03. The molecule has 2 aromatic carbocycles. The Labute approximate surface area is 300 Å². The molecule has 2 aliphatic carbocycles. The average molecular weight is 728 g/mol. The van der Waals surface area contributed by atoms with Gasteiger partial charge in [0.15, 0.2) is 0 Å². The van der Waals surface area contributed by atoms with Crippen LogP contribution in [0.4, 0.5) is 20.2 Å². The Bertz CT molecular complexity index is 2490. The zero-order valence-corrected chi connectivity index (χ0v) is 28.9. The number of nitrogens with two attached hydrogens (primary N) is 2. The number of aromatic amines is 1. The van der Waals surface area contributed by atoms with Gasteiger partial charge in [-0.05, 0) is 75.1 Å². The van der Waals surface area contributed by atoms with E-state index < -0.39 is 45.8 Å². The Morgan fingerprint density at radius 3 is 2.11 bits per heavy atom. The van der Waals surface area contributed by atoms with Crippen LogP contribution in [0.1, 0.15) is 63.5 Å². The van der Waals surface area contributed by atoms with Crippen LogP contribution in [0.2, 0.25) is 0 Å². The maximum Gasteiger partial charge on any atom is 0.350 e. The summed E-state index contributed by atoms with van der Waals surface area (Å²) in [6.07, 6.45) is 4.47. The fourth-order valence-electron chi connectivity index (χ4n) is 8.38. The maximum absolute atomic E-state index is 15.6. The number of aromatic nitrogens is 4. The Hall–Kier alpha value is -5.52. The molecule has 0 radical (unpaired) electrons. The van der Waals surface area contributed by atoms with Crippen molar-refractivity contribution >= 4 is 33.2 Å². The summed E-state index contributed by atoms with van der Waals surface area (Å²) in [5, 5.41) is 23.4.